The molecule has 0 unspecified atom stereocenters. The van der Waals surface area contributed by atoms with Crippen molar-refractivity contribution in [1.82, 2.24) is 0 Å². The molecule has 0 atom stereocenters. The molecule has 17 heavy (non-hydrogen) atoms. The molecular formula is C9H4F5NOS. The number of benzene rings is 1. The minimum absolute atomic E-state index is 0.391. The second-order valence-electron chi connectivity index (χ2n) is 2.78. The first-order valence-corrected chi connectivity index (χ1v) is 4.91. The lowest BCUT2D eigenvalue weighted by molar-refractivity contribution is -0.0563. The van der Waals surface area contributed by atoms with Crippen LogP contribution in [0.1, 0.15) is 0 Å². The van der Waals surface area contributed by atoms with Crippen molar-refractivity contribution in [2.24, 2.45) is 4.99 Å². The molecule has 0 saturated carbocycles. The Labute approximate surface area is 96.5 Å². The Morgan fingerprint density at radius 2 is 2.00 bits per heavy atom. The molecule has 0 saturated heterocycles. The Bertz CT molecular complexity index is 459. The van der Waals surface area contributed by atoms with Gasteiger partial charge in [-0.25, -0.2) is 18.0 Å². The first-order valence-electron chi connectivity index (χ1n) is 4.09. The summed E-state index contributed by atoms with van der Waals surface area (Å²) in [6, 6.07) is 2.47. The van der Waals surface area contributed by atoms with E-state index >= 15 is 0 Å². The van der Waals surface area contributed by atoms with Crippen LogP contribution >= 0.6 is 11.8 Å². The molecule has 0 aromatic heterocycles. The fourth-order valence-corrected chi connectivity index (χ4v) is 1.59. The number of alkyl halides is 4. The summed E-state index contributed by atoms with van der Waals surface area (Å²) in [6.07, 6.45) is -2.79. The molecule has 1 rings (SSSR count). The SMILES string of the molecule is O=C=Nc1ccc(SC(F)(F)C(F)F)cc1F. The molecule has 0 aliphatic carbocycles. The highest BCUT2D eigenvalue weighted by Gasteiger charge is 2.42. The summed E-state index contributed by atoms with van der Waals surface area (Å²) < 4.78 is 62.1. The summed E-state index contributed by atoms with van der Waals surface area (Å²) in [5.41, 5.74) is -0.398. The van der Waals surface area contributed by atoms with Crippen molar-refractivity contribution in [3.05, 3.63) is 24.0 Å². The smallest absolute Gasteiger partial charge is 0.211 e. The predicted octanol–water partition coefficient (Wildman–Crippen LogP) is 3.74. The van der Waals surface area contributed by atoms with Crippen LogP contribution in [-0.4, -0.2) is 17.8 Å². The predicted molar refractivity (Wildman–Crippen MR) is 51.0 cm³/mol. The van der Waals surface area contributed by atoms with Crippen LogP contribution in [0.15, 0.2) is 28.1 Å². The number of hydrogen-bond acceptors (Lipinski definition) is 3. The summed E-state index contributed by atoms with van der Waals surface area (Å²) in [5, 5.41) is -4.30. The summed E-state index contributed by atoms with van der Waals surface area (Å²) in [6.45, 7) is 0. The lowest BCUT2D eigenvalue weighted by Crippen LogP contribution is -2.21. The molecule has 0 heterocycles. The number of nitrogens with zero attached hydrogens (tertiary/aromatic N) is 1. The zero-order chi connectivity index (χ0) is 13.1. The van der Waals surface area contributed by atoms with Crippen molar-refractivity contribution in [2.45, 2.75) is 16.6 Å². The van der Waals surface area contributed by atoms with E-state index in [1.807, 2.05) is 0 Å². The molecule has 0 aliphatic heterocycles. The van der Waals surface area contributed by atoms with Crippen molar-refractivity contribution in [1.29, 1.82) is 0 Å². The maximum absolute atomic E-state index is 13.1. The second-order valence-corrected chi connectivity index (χ2v) is 4.00. The lowest BCUT2D eigenvalue weighted by atomic mass is 10.3. The second kappa shape index (κ2) is 5.29. The molecule has 2 nitrogen and oxygen atoms in total. The number of aliphatic imine (C=N–C) groups is 1. The Hall–Kier alpha value is -1.40. The van der Waals surface area contributed by atoms with E-state index < -0.39 is 39.8 Å². The van der Waals surface area contributed by atoms with E-state index in [2.05, 4.69) is 4.99 Å². The van der Waals surface area contributed by atoms with Crippen LogP contribution in [-0.2, 0) is 4.79 Å². The van der Waals surface area contributed by atoms with Gasteiger partial charge in [-0.2, -0.15) is 13.8 Å². The van der Waals surface area contributed by atoms with Gasteiger partial charge in [0.25, 0.3) is 0 Å². The summed E-state index contributed by atoms with van der Waals surface area (Å²) in [7, 11) is 0. The third kappa shape index (κ3) is 3.54. The highest BCUT2D eigenvalue weighted by atomic mass is 32.2. The van der Waals surface area contributed by atoms with Gasteiger partial charge in [-0.1, -0.05) is 0 Å². The molecule has 1 aromatic rings. The van der Waals surface area contributed by atoms with Gasteiger partial charge in [0.05, 0.1) is 0 Å². The van der Waals surface area contributed by atoms with Crippen LogP contribution in [0.4, 0.5) is 27.6 Å². The molecule has 8 heteroatoms. The van der Waals surface area contributed by atoms with Crippen LogP contribution in [0.25, 0.3) is 0 Å². The number of rotatable bonds is 4. The summed E-state index contributed by atoms with van der Waals surface area (Å²) in [4.78, 5) is 12.4. The van der Waals surface area contributed by atoms with Gasteiger partial charge in [-0.15, -0.1) is 0 Å². The Balaban J connectivity index is 2.95. The van der Waals surface area contributed by atoms with Gasteiger partial charge in [-0.3, -0.25) is 0 Å². The van der Waals surface area contributed by atoms with Gasteiger partial charge in [0, 0.05) is 4.90 Å². The van der Waals surface area contributed by atoms with E-state index in [0.29, 0.717) is 6.07 Å². The van der Waals surface area contributed by atoms with E-state index in [4.69, 9.17) is 0 Å². The molecule has 1 aromatic carbocycles. The quantitative estimate of drug-likeness (QED) is 0.360. The zero-order valence-electron chi connectivity index (χ0n) is 7.96. The average Bonchev–Trinajstić information content (AvgIpc) is 2.21. The van der Waals surface area contributed by atoms with E-state index in [1.165, 1.54) is 0 Å². The van der Waals surface area contributed by atoms with Gasteiger partial charge in [0.15, 0.2) is 5.82 Å². The Morgan fingerprint density at radius 3 is 2.47 bits per heavy atom. The molecule has 0 N–H and O–H groups in total. The van der Waals surface area contributed by atoms with E-state index in [9.17, 15) is 26.7 Å². The first kappa shape index (κ1) is 13.7. The fourth-order valence-electron chi connectivity index (χ4n) is 0.893. The molecule has 0 fully saturated rings. The van der Waals surface area contributed by atoms with Crippen molar-refractivity contribution in [3.63, 3.8) is 0 Å². The maximum atomic E-state index is 13.1. The van der Waals surface area contributed by atoms with Gasteiger partial charge in [0.1, 0.15) is 5.69 Å². The molecule has 0 bridgehead atoms. The van der Waals surface area contributed by atoms with Crippen molar-refractivity contribution >= 4 is 23.5 Å². The summed E-state index contributed by atoms with van der Waals surface area (Å²) >= 11 is -0.469. The monoisotopic (exact) mass is 269 g/mol. The minimum Gasteiger partial charge on any atom is -0.211 e. The molecule has 0 spiro atoms. The average molecular weight is 269 g/mol. The largest absolute Gasteiger partial charge is 0.357 e. The molecule has 0 aliphatic rings. The van der Waals surface area contributed by atoms with E-state index in [0.717, 1.165) is 18.2 Å². The third-order valence-electron chi connectivity index (χ3n) is 1.59. The standard InChI is InChI=1S/C9H4F5NOS/c10-6-3-5(1-2-7(6)15-4-16)17-9(13,14)8(11)12/h1-3,8H. The lowest BCUT2D eigenvalue weighted by Gasteiger charge is -2.14. The molecule has 0 radical (unpaired) electrons. The van der Waals surface area contributed by atoms with Gasteiger partial charge in [0.2, 0.25) is 6.08 Å². The first-order chi connectivity index (χ1) is 7.86. The highest BCUT2D eigenvalue weighted by molar-refractivity contribution is 8.00. The van der Waals surface area contributed by atoms with Crippen molar-refractivity contribution in [3.8, 4) is 0 Å². The third-order valence-corrected chi connectivity index (χ3v) is 2.53. The number of thioether (sulfide) groups is 1. The van der Waals surface area contributed by atoms with Gasteiger partial charge < -0.3 is 0 Å². The van der Waals surface area contributed by atoms with Crippen LogP contribution in [0.3, 0.4) is 0 Å². The molecule has 92 valence electrons. The highest BCUT2D eigenvalue weighted by Crippen LogP contribution is 2.41. The van der Waals surface area contributed by atoms with Crippen LogP contribution in [0.2, 0.25) is 0 Å². The Kier molecular flexibility index (Phi) is 4.25. The van der Waals surface area contributed by atoms with Crippen molar-refractivity contribution < 1.29 is 26.7 Å². The van der Waals surface area contributed by atoms with Gasteiger partial charge >= 0.3 is 11.7 Å². The number of halogens is 5. The van der Waals surface area contributed by atoms with E-state index in [-0.39, 0.29) is 0 Å². The fraction of sp³-hybridized carbons (Fsp3) is 0.222. The molecule has 0 amide bonds. The minimum atomic E-state index is -4.30. The summed E-state index contributed by atoms with van der Waals surface area (Å²) in [5.74, 6) is -1.07. The van der Waals surface area contributed by atoms with Gasteiger partial charge in [-0.05, 0) is 30.0 Å². The van der Waals surface area contributed by atoms with E-state index in [1.54, 1.807) is 0 Å². The number of carbonyl (C=O) groups excluding carboxylic acids is 1. The number of isocyanates is 1. The topological polar surface area (TPSA) is 29.4 Å². The Morgan fingerprint density at radius 1 is 1.35 bits per heavy atom. The number of hydrogen-bond donors (Lipinski definition) is 0. The molecular weight excluding hydrogens is 265 g/mol. The normalized spacial score (nSPS) is 11.4. The zero-order valence-corrected chi connectivity index (χ0v) is 8.78. The van der Waals surface area contributed by atoms with Crippen LogP contribution < -0.4 is 0 Å². The van der Waals surface area contributed by atoms with Crippen molar-refractivity contribution in [2.75, 3.05) is 0 Å². The van der Waals surface area contributed by atoms with Crippen LogP contribution in [0.5, 0.6) is 0 Å². The maximum Gasteiger partial charge on any atom is 0.357 e. The van der Waals surface area contributed by atoms with Crippen LogP contribution in [0, 0.1) is 5.82 Å².